The zero-order valence-corrected chi connectivity index (χ0v) is 15.3. The van der Waals surface area contributed by atoms with Gasteiger partial charge in [-0.3, -0.25) is 4.79 Å². The average Bonchev–Trinajstić information content (AvgIpc) is 3.33. The summed E-state index contributed by atoms with van der Waals surface area (Å²) in [7, 11) is 0. The predicted octanol–water partition coefficient (Wildman–Crippen LogP) is 5.27. The maximum Gasteiger partial charge on any atom is 0.236 e. The maximum atomic E-state index is 14.0. The van der Waals surface area contributed by atoms with Crippen LogP contribution in [0.4, 0.5) is 10.1 Å². The number of hydrogen-bond donors (Lipinski definition) is 1. The molecule has 4 rings (SSSR count). The summed E-state index contributed by atoms with van der Waals surface area (Å²) in [6.07, 6.45) is 1.40. The Morgan fingerprint density at radius 2 is 1.85 bits per heavy atom. The van der Waals surface area contributed by atoms with Gasteiger partial charge >= 0.3 is 0 Å². The first-order chi connectivity index (χ1) is 13.0. The van der Waals surface area contributed by atoms with Crippen LogP contribution in [0, 0.1) is 5.82 Å². The average molecular weight is 364 g/mol. The Hall–Kier alpha value is -2.95. The van der Waals surface area contributed by atoms with Crippen LogP contribution in [0.3, 0.4) is 0 Å². The summed E-state index contributed by atoms with van der Waals surface area (Å²) in [5.74, 6) is 0.172. The Labute approximate surface area is 157 Å². The maximum absolute atomic E-state index is 14.0. The van der Waals surface area contributed by atoms with Crippen molar-refractivity contribution < 1.29 is 13.7 Å². The highest BCUT2D eigenvalue weighted by Crippen LogP contribution is 2.49. The largest absolute Gasteiger partial charge is 0.356 e. The van der Waals surface area contributed by atoms with Gasteiger partial charge < -0.3 is 9.84 Å². The van der Waals surface area contributed by atoms with Gasteiger partial charge in [0.1, 0.15) is 5.82 Å². The molecule has 138 valence electrons. The highest BCUT2D eigenvalue weighted by Gasteiger charge is 2.54. The number of carbonyl (C=O) groups excluding carboxylic acids is 1. The third-order valence-electron chi connectivity index (χ3n) is 5.16. The lowest BCUT2D eigenvalue weighted by Gasteiger charge is -2.17. The molecule has 0 aliphatic heterocycles. The van der Waals surface area contributed by atoms with Crippen molar-refractivity contribution in [2.24, 2.45) is 0 Å². The fourth-order valence-electron chi connectivity index (χ4n) is 3.37. The fraction of sp³-hybridized carbons (Fsp3) is 0.273. The summed E-state index contributed by atoms with van der Waals surface area (Å²) in [4.78, 5) is 13.0. The monoisotopic (exact) mass is 364 g/mol. The van der Waals surface area contributed by atoms with Crippen molar-refractivity contribution in [3.05, 3.63) is 71.7 Å². The van der Waals surface area contributed by atoms with Gasteiger partial charge in [0.2, 0.25) is 5.91 Å². The van der Waals surface area contributed by atoms with Crippen LogP contribution in [-0.4, -0.2) is 11.1 Å². The van der Waals surface area contributed by atoms with Crippen LogP contribution < -0.4 is 5.32 Å². The first kappa shape index (κ1) is 17.5. The Morgan fingerprint density at radius 1 is 1.15 bits per heavy atom. The minimum absolute atomic E-state index is 0.0935. The number of halogens is 1. The van der Waals surface area contributed by atoms with Gasteiger partial charge in [0.25, 0.3) is 0 Å². The molecule has 1 saturated carbocycles. The summed E-state index contributed by atoms with van der Waals surface area (Å²) >= 11 is 0. The lowest BCUT2D eigenvalue weighted by molar-refractivity contribution is -0.118. The molecule has 1 aromatic heterocycles. The molecule has 1 aliphatic carbocycles. The molecule has 1 aliphatic rings. The van der Waals surface area contributed by atoms with Crippen molar-refractivity contribution in [1.82, 2.24) is 5.16 Å². The zero-order valence-electron chi connectivity index (χ0n) is 15.3. The summed E-state index contributed by atoms with van der Waals surface area (Å²) in [5.41, 5.74) is 2.12. The Kier molecular flexibility index (Phi) is 4.30. The Balaban J connectivity index is 1.60. The van der Waals surface area contributed by atoms with E-state index in [2.05, 4.69) is 24.3 Å². The van der Waals surface area contributed by atoms with Crippen LogP contribution in [0.25, 0.3) is 11.3 Å². The van der Waals surface area contributed by atoms with Gasteiger partial charge in [-0.2, -0.15) is 0 Å². The fourth-order valence-corrected chi connectivity index (χ4v) is 3.37. The van der Waals surface area contributed by atoms with Gasteiger partial charge in [-0.25, -0.2) is 4.39 Å². The third-order valence-corrected chi connectivity index (χ3v) is 5.16. The summed E-state index contributed by atoms with van der Waals surface area (Å²) < 4.78 is 19.3. The molecule has 2 aromatic carbocycles. The second-order valence-corrected chi connectivity index (χ2v) is 7.33. The Bertz CT molecular complexity index is 989. The molecule has 0 radical (unpaired) electrons. The number of nitrogens with one attached hydrogen (secondary N) is 1. The molecule has 5 heteroatoms. The topological polar surface area (TPSA) is 55.1 Å². The number of benzene rings is 2. The number of nitrogens with zero attached hydrogens (tertiary/aromatic N) is 1. The van der Waals surface area contributed by atoms with Gasteiger partial charge in [-0.15, -0.1) is 0 Å². The second kappa shape index (κ2) is 6.65. The lowest BCUT2D eigenvalue weighted by Crippen LogP contribution is -2.28. The molecule has 1 N–H and O–H groups in total. The number of anilines is 1. The van der Waals surface area contributed by atoms with E-state index >= 15 is 0 Å². The minimum Gasteiger partial charge on any atom is -0.356 e. The minimum atomic E-state index is -0.697. The van der Waals surface area contributed by atoms with E-state index in [0.717, 1.165) is 11.3 Å². The van der Waals surface area contributed by atoms with Crippen molar-refractivity contribution in [2.45, 2.75) is 38.0 Å². The highest BCUT2D eigenvalue weighted by atomic mass is 19.1. The van der Waals surface area contributed by atoms with E-state index in [1.54, 1.807) is 24.3 Å². The summed E-state index contributed by atoms with van der Waals surface area (Å²) in [6.45, 7) is 4.19. The van der Waals surface area contributed by atoms with Crippen LogP contribution >= 0.6 is 0 Å². The van der Waals surface area contributed by atoms with E-state index in [9.17, 15) is 9.18 Å². The van der Waals surface area contributed by atoms with Gasteiger partial charge in [0, 0.05) is 11.8 Å². The molecule has 1 heterocycles. The van der Waals surface area contributed by atoms with Crippen molar-refractivity contribution in [3.63, 3.8) is 0 Å². The first-order valence-electron chi connectivity index (χ1n) is 9.14. The van der Waals surface area contributed by atoms with Crippen molar-refractivity contribution in [3.8, 4) is 11.3 Å². The standard InChI is InChI=1S/C22H21FN2O2/c1-14(2)15-7-4-6-10-18(15)24-21(26)22(11-12-22)20-13-19(27-25-20)16-8-3-5-9-17(16)23/h3-10,13-14H,11-12H2,1-2H3,(H,24,26). The molecule has 27 heavy (non-hydrogen) atoms. The van der Waals surface area contributed by atoms with Gasteiger partial charge in [-0.1, -0.05) is 49.3 Å². The van der Waals surface area contributed by atoms with Crippen molar-refractivity contribution in [1.29, 1.82) is 0 Å². The van der Waals surface area contributed by atoms with Crippen LogP contribution in [-0.2, 0) is 10.2 Å². The molecule has 3 aromatic rings. The molecular weight excluding hydrogens is 343 g/mol. The van der Waals surface area contributed by atoms with E-state index in [-0.39, 0.29) is 11.7 Å². The summed E-state index contributed by atoms with van der Waals surface area (Å²) in [6, 6.07) is 15.9. The SMILES string of the molecule is CC(C)c1ccccc1NC(=O)C1(c2cc(-c3ccccc3F)on2)CC1. The molecule has 0 atom stereocenters. The quantitative estimate of drug-likeness (QED) is 0.670. The van der Waals surface area contributed by atoms with E-state index in [1.807, 2.05) is 24.3 Å². The molecule has 4 nitrogen and oxygen atoms in total. The molecule has 1 amide bonds. The first-order valence-corrected chi connectivity index (χ1v) is 9.14. The Morgan fingerprint density at radius 3 is 2.56 bits per heavy atom. The number of amides is 1. The van der Waals surface area contributed by atoms with Crippen LogP contribution in [0.5, 0.6) is 0 Å². The number of rotatable bonds is 5. The molecule has 1 fully saturated rings. The van der Waals surface area contributed by atoms with Crippen LogP contribution in [0.15, 0.2) is 59.1 Å². The van der Waals surface area contributed by atoms with Crippen LogP contribution in [0.1, 0.15) is 43.9 Å². The van der Waals surface area contributed by atoms with Gasteiger partial charge in [0.05, 0.1) is 16.7 Å². The molecular formula is C22H21FN2O2. The van der Waals surface area contributed by atoms with Crippen molar-refractivity contribution in [2.75, 3.05) is 5.32 Å². The van der Waals surface area contributed by atoms with Gasteiger partial charge in [0.15, 0.2) is 5.76 Å². The summed E-state index contributed by atoms with van der Waals surface area (Å²) in [5, 5.41) is 7.14. The number of para-hydroxylation sites is 1. The van der Waals surface area contributed by atoms with E-state index in [1.165, 1.54) is 6.07 Å². The van der Waals surface area contributed by atoms with Gasteiger partial charge in [-0.05, 0) is 42.5 Å². The van der Waals surface area contributed by atoms with Crippen LogP contribution in [0.2, 0.25) is 0 Å². The smallest absolute Gasteiger partial charge is 0.236 e. The number of aromatic nitrogens is 1. The second-order valence-electron chi connectivity index (χ2n) is 7.33. The third kappa shape index (κ3) is 3.14. The molecule has 0 saturated heterocycles. The predicted molar refractivity (Wildman–Crippen MR) is 102 cm³/mol. The zero-order chi connectivity index (χ0) is 19.0. The normalized spacial score (nSPS) is 15.0. The molecule has 0 bridgehead atoms. The van der Waals surface area contributed by atoms with E-state index in [4.69, 9.17) is 4.52 Å². The number of hydrogen-bond acceptors (Lipinski definition) is 3. The lowest BCUT2D eigenvalue weighted by atomic mass is 9.98. The highest BCUT2D eigenvalue weighted by molar-refractivity contribution is 6.01. The molecule has 0 unspecified atom stereocenters. The van der Waals surface area contributed by atoms with E-state index < -0.39 is 5.41 Å². The molecule has 0 spiro atoms. The van der Waals surface area contributed by atoms with Crippen molar-refractivity contribution >= 4 is 11.6 Å². The van der Waals surface area contributed by atoms with E-state index in [0.29, 0.717) is 35.8 Å². The number of carbonyl (C=O) groups is 1.